The third-order valence-electron chi connectivity index (χ3n) is 3.52. The van der Waals surface area contributed by atoms with E-state index in [9.17, 15) is 4.79 Å². The number of carbonyl (C=O) groups excluding carboxylic acids is 1. The predicted octanol–water partition coefficient (Wildman–Crippen LogP) is 1.08. The molecule has 2 aromatic rings. The average Bonchev–Trinajstić information content (AvgIpc) is 3.06. The van der Waals surface area contributed by atoms with E-state index in [-0.39, 0.29) is 18.1 Å². The number of pyridine rings is 1. The Bertz CT molecular complexity index is 612. The molecule has 0 radical (unpaired) electrons. The van der Waals surface area contributed by atoms with Crippen molar-refractivity contribution >= 4 is 5.91 Å². The van der Waals surface area contributed by atoms with Gasteiger partial charge in [-0.2, -0.15) is 0 Å². The smallest absolute Gasteiger partial charge is 0.269 e. The molecule has 1 aliphatic rings. The van der Waals surface area contributed by atoms with Crippen molar-refractivity contribution in [2.75, 3.05) is 13.2 Å². The third kappa shape index (κ3) is 3.43. The molecular formula is C15H18N4O3. The fourth-order valence-corrected chi connectivity index (χ4v) is 2.32. The van der Waals surface area contributed by atoms with Crippen LogP contribution in [0.5, 0.6) is 5.75 Å². The zero-order valence-electron chi connectivity index (χ0n) is 12.3. The topological polar surface area (TPSA) is 89.1 Å². The number of hydrogen-bond donors (Lipinski definition) is 2. The summed E-state index contributed by atoms with van der Waals surface area (Å²) < 4.78 is 11.4. The van der Waals surface area contributed by atoms with E-state index in [0.29, 0.717) is 31.1 Å². The van der Waals surface area contributed by atoms with Crippen molar-refractivity contribution in [1.29, 1.82) is 0 Å². The molecule has 0 aliphatic carbocycles. The van der Waals surface area contributed by atoms with Crippen molar-refractivity contribution in [2.24, 2.45) is 0 Å². The van der Waals surface area contributed by atoms with E-state index in [4.69, 9.17) is 9.47 Å². The Morgan fingerprint density at radius 2 is 2.36 bits per heavy atom. The lowest BCUT2D eigenvalue weighted by molar-refractivity contribution is -0.00307. The van der Waals surface area contributed by atoms with Crippen LogP contribution in [0.25, 0.3) is 0 Å². The van der Waals surface area contributed by atoms with Crippen molar-refractivity contribution < 1.29 is 14.3 Å². The minimum Gasteiger partial charge on any atom is -0.486 e. The fourth-order valence-electron chi connectivity index (χ4n) is 2.32. The van der Waals surface area contributed by atoms with Crippen molar-refractivity contribution in [2.45, 2.75) is 25.5 Å². The zero-order valence-corrected chi connectivity index (χ0v) is 12.3. The number of carbonyl (C=O) groups is 1. The summed E-state index contributed by atoms with van der Waals surface area (Å²) in [7, 11) is 0. The molecule has 0 bridgehead atoms. The number of nitrogens with zero attached hydrogens (tertiary/aromatic N) is 2. The van der Waals surface area contributed by atoms with Crippen LogP contribution in [0.3, 0.4) is 0 Å². The second-order valence-corrected chi connectivity index (χ2v) is 5.20. The number of ether oxygens (including phenoxy) is 2. The highest BCUT2D eigenvalue weighted by atomic mass is 16.5. The summed E-state index contributed by atoms with van der Waals surface area (Å²) in [4.78, 5) is 23.0. The molecule has 22 heavy (non-hydrogen) atoms. The maximum absolute atomic E-state index is 12.1. The lowest BCUT2D eigenvalue weighted by Crippen LogP contribution is -2.51. The molecule has 2 atom stereocenters. The number of aromatic amines is 1. The van der Waals surface area contributed by atoms with Gasteiger partial charge in [-0.3, -0.25) is 9.78 Å². The van der Waals surface area contributed by atoms with Crippen LogP contribution in [-0.4, -0.2) is 46.2 Å². The number of nitrogens with one attached hydrogen (secondary N) is 2. The minimum absolute atomic E-state index is 0.148. The van der Waals surface area contributed by atoms with Crippen molar-refractivity contribution in [1.82, 2.24) is 20.3 Å². The number of amides is 1. The average molecular weight is 302 g/mol. The first-order valence-electron chi connectivity index (χ1n) is 7.18. The van der Waals surface area contributed by atoms with Gasteiger partial charge in [-0.15, -0.1) is 0 Å². The second-order valence-electron chi connectivity index (χ2n) is 5.20. The number of H-pyrrole nitrogens is 1. The van der Waals surface area contributed by atoms with E-state index in [1.807, 2.05) is 19.1 Å². The van der Waals surface area contributed by atoms with Gasteiger partial charge in [0, 0.05) is 12.1 Å². The van der Waals surface area contributed by atoms with Gasteiger partial charge in [0.15, 0.2) is 0 Å². The zero-order chi connectivity index (χ0) is 15.4. The Morgan fingerprint density at radius 3 is 3.09 bits per heavy atom. The van der Waals surface area contributed by atoms with E-state index in [0.717, 1.165) is 5.69 Å². The molecule has 1 fully saturated rings. The number of aryl methyl sites for hydroxylation is 1. The maximum atomic E-state index is 12.1. The molecule has 0 saturated carbocycles. The lowest BCUT2D eigenvalue weighted by atomic mass is 10.1. The van der Waals surface area contributed by atoms with Crippen LogP contribution in [0.15, 0.2) is 30.9 Å². The summed E-state index contributed by atoms with van der Waals surface area (Å²) in [6.07, 6.45) is 5.21. The molecule has 0 aromatic carbocycles. The van der Waals surface area contributed by atoms with Crippen molar-refractivity contribution in [3.05, 3.63) is 42.2 Å². The Kier molecular flexibility index (Phi) is 4.34. The Labute approximate surface area is 128 Å². The molecule has 3 rings (SSSR count). The summed E-state index contributed by atoms with van der Waals surface area (Å²) in [6, 6.07) is 3.56. The molecule has 2 aromatic heterocycles. The summed E-state index contributed by atoms with van der Waals surface area (Å²) in [5, 5.41) is 2.92. The van der Waals surface area contributed by atoms with E-state index in [1.54, 1.807) is 6.20 Å². The van der Waals surface area contributed by atoms with E-state index >= 15 is 0 Å². The van der Waals surface area contributed by atoms with Crippen LogP contribution in [0.2, 0.25) is 0 Å². The first-order valence-corrected chi connectivity index (χ1v) is 7.18. The molecule has 1 saturated heterocycles. The van der Waals surface area contributed by atoms with E-state index in [2.05, 4.69) is 20.3 Å². The maximum Gasteiger partial charge on any atom is 0.269 e. The van der Waals surface area contributed by atoms with Gasteiger partial charge >= 0.3 is 0 Å². The van der Waals surface area contributed by atoms with Crippen LogP contribution >= 0.6 is 0 Å². The number of imidazole rings is 1. The number of rotatable bonds is 4. The fraction of sp³-hybridized carbons (Fsp3) is 0.400. The van der Waals surface area contributed by atoms with Crippen molar-refractivity contribution in [3.63, 3.8) is 0 Å². The normalized spacial score (nSPS) is 21.3. The standard InChI is InChI=1S/C15H18N4O3/c1-10-2-3-11(6-17-10)22-14-4-5-21-8-13(14)19-15(20)12-7-16-9-18-12/h2-3,6-7,9,13-14H,4-5,8H2,1H3,(H,16,18)(H,19,20)/t13-,14+/m1/s1. The molecule has 7 heteroatoms. The molecule has 0 spiro atoms. The van der Waals surface area contributed by atoms with Gasteiger partial charge in [0.25, 0.3) is 5.91 Å². The van der Waals surface area contributed by atoms with Gasteiger partial charge in [-0.1, -0.05) is 0 Å². The van der Waals surface area contributed by atoms with Crippen molar-refractivity contribution in [3.8, 4) is 5.75 Å². The molecule has 1 amide bonds. The quantitative estimate of drug-likeness (QED) is 0.882. The molecule has 7 nitrogen and oxygen atoms in total. The number of aromatic nitrogens is 3. The van der Waals surface area contributed by atoms with Gasteiger partial charge in [-0.25, -0.2) is 4.98 Å². The van der Waals surface area contributed by atoms with Crippen LogP contribution < -0.4 is 10.1 Å². The van der Waals surface area contributed by atoms with Gasteiger partial charge < -0.3 is 19.8 Å². The van der Waals surface area contributed by atoms with Crippen LogP contribution in [-0.2, 0) is 4.74 Å². The van der Waals surface area contributed by atoms with Gasteiger partial charge in [0.2, 0.25) is 0 Å². The SMILES string of the molecule is Cc1ccc(O[C@H]2CCOC[C@H]2NC(=O)c2cnc[nH]2)cn1. The van der Waals surface area contributed by atoms with Crippen LogP contribution in [0.1, 0.15) is 22.6 Å². The first-order chi connectivity index (χ1) is 10.7. The van der Waals surface area contributed by atoms with Crippen LogP contribution in [0, 0.1) is 6.92 Å². The highest BCUT2D eigenvalue weighted by Crippen LogP contribution is 2.18. The van der Waals surface area contributed by atoms with E-state index < -0.39 is 0 Å². The lowest BCUT2D eigenvalue weighted by Gasteiger charge is -2.32. The Hall–Kier alpha value is -2.41. The minimum atomic E-state index is -0.219. The molecule has 116 valence electrons. The summed E-state index contributed by atoms with van der Waals surface area (Å²) in [5.41, 5.74) is 1.35. The van der Waals surface area contributed by atoms with Crippen LogP contribution in [0.4, 0.5) is 0 Å². The van der Waals surface area contributed by atoms with Gasteiger partial charge in [0.05, 0.1) is 38.0 Å². The molecule has 2 N–H and O–H groups in total. The van der Waals surface area contributed by atoms with E-state index in [1.165, 1.54) is 12.5 Å². The van der Waals surface area contributed by atoms with Gasteiger partial charge in [-0.05, 0) is 19.1 Å². The molecule has 3 heterocycles. The Balaban J connectivity index is 1.65. The molecular weight excluding hydrogens is 284 g/mol. The molecule has 0 unspecified atom stereocenters. The summed E-state index contributed by atoms with van der Waals surface area (Å²) in [6.45, 7) is 2.95. The third-order valence-corrected chi connectivity index (χ3v) is 3.52. The monoisotopic (exact) mass is 302 g/mol. The number of hydrogen-bond acceptors (Lipinski definition) is 5. The highest BCUT2D eigenvalue weighted by molar-refractivity contribution is 5.92. The largest absolute Gasteiger partial charge is 0.486 e. The molecule has 1 aliphatic heterocycles. The summed E-state index contributed by atoms with van der Waals surface area (Å²) >= 11 is 0. The van der Waals surface area contributed by atoms with Gasteiger partial charge in [0.1, 0.15) is 17.5 Å². The highest BCUT2D eigenvalue weighted by Gasteiger charge is 2.29. The predicted molar refractivity (Wildman–Crippen MR) is 78.7 cm³/mol. The summed E-state index contributed by atoms with van der Waals surface area (Å²) in [5.74, 6) is 0.474. The Morgan fingerprint density at radius 1 is 1.45 bits per heavy atom. The second kappa shape index (κ2) is 6.57. The first kappa shape index (κ1) is 14.5.